The van der Waals surface area contributed by atoms with Gasteiger partial charge in [0, 0.05) is 29.5 Å². The van der Waals surface area contributed by atoms with E-state index in [0.717, 1.165) is 0 Å². The Morgan fingerprint density at radius 1 is 1.44 bits per heavy atom. The van der Waals surface area contributed by atoms with Crippen molar-refractivity contribution in [2.75, 3.05) is 5.88 Å². The van der Waals surface area contributed by atoms with Gasteiger partial charge in [0.25, 0.3) is 5.69 Å². The molecule has 0 bridgehead atoms. The van der Waals surface area contributed by atoms with Crippen LogP contribution in [0, 0.1) is 17.0 Å². The molecule has 0 amide bonds. The number of nitro benzene ring substituents is 1. The SMILES string of the molecule is Cc1c(-c2nnc(CCCl)o2)cccc1[N+](=O)[O-]. The van der Waals surface area contributed by atoms with Crippen LogP contribution in [0.2, 0.25) is 0 Å². The monoisotopic (exact) mass is 267 g/mol. The van der Waals surface area contributed by atoms with Gasteiger partial charge in [0.05, 0.1) is 4.92 Å². The molecule has 0 N–H and O–H groups in total. The van der Waals surface area contributed by atoms with Crippen LogP contribution in [0.25, 0.3) is 11.5 Å². The molecule has 7 heteroatoms. The van der Waals surface area contributed by atoms with Crippen LogP contribution in [-0.2, 0) is 6.42 Å². The van der Waals surface area contributed by atoms with E-state index in [2.05, 4.69) is 10.2 Å². The molecule has 1 aromatic heterocycles. The largest absolute Gasteiger partial charge is 0.421 e. The number of aromatic nitrogens is 2. The summed E-state index contributed by atoms with van der Waals surface area (Å²) in [6, 6.07) is 4.74. The number of rotatable bonds is 4. The van der Waals surface area contributed by atoms with E-state index in [1.165, 1.54) is 6.07 Å². The van der Waals surface area contributed by atoms with E-state index in [-0.39, 0.29) is 11.6 Å². The van der Waals surface area contributed by atoms with Crippen molar-refractivity contribution < 1.29 is 9.34 Å². The minimum absolute atomic E-state index is 0.0320. The summed E-state index contributed by atoms with van der Waals surface area (Å²) in [7, 11) is 0. The molecule has 6 nitrogen and oxygen atoms in total. The van der Waals surface area contributed by atoms with Gasteiger partial charge in [0.15, 0.2) is 0 Å². The lowest BCUT2D eigenvalue weighted by Gasteiger charge is -2.01. The van der Waals surface area contributed by atoms with E-state index in [1.807, 2.05) is 0 Å². The van der Waals surface area contributed by atoms with Gasteiger partial charge in [-0.15, -0.1) is 21.8 Å². The van der Waals surface area contributed by atoms with Gasteiger partial charge >= 0.3 is 0 Å². The number of hydrogen-bond donors (Lipinski definition) is 0. The fourth-order valence-electron chi connectivity index (χ4n) is 1.60. The Labute approximate surface area is 108 Å². The molecule has 0 aliphatic heterocycles. The van der Waals surface area contributed by atoms with Crippen LogP contribution in [0.1, 0.15) is 11.5 Å². The molecule has 0 aliphatic carbocycles. The van der Waals surface area contributed by atoms with Crippen molar-refractivity contribution in [3.8, 4) is 11.5 Å². The summed E-state index contributed by atoms with van der Waals surface area (Å²) in [5.41, 5.74) is 1.10. The molecule has 0 radical (unpaired) electrons. The summed E-state index contributed by atoms with van der Waals surface area (Å²) < 4.78 is 5.40. The van der Waals surface area contributed by atoms with Gasteiger partial charge in [0.1, 0.15) is 0 Å². The maximum Gasteiger partial charge on any atom is 0.273 e. The second kappa shape index (κ2) is 5.14. The highest BCUT2D eigenvalue weighted by Gasteiger charge is 2.18. The first-order valence-electron chi connectivity index (χ1n) is 5.26. The molecule has 1 heterocycles. The third-order valence-corrected chi connectivity index (χ3v) is 2.70. The Bertz CT molecular complexity index is 583. The standard InChI is InChI=1S/C11H10ClN3O3/c1-7-8(3-2-4-9(7)15(16)17)11-14-13-10(18-11)5-6-12/h2-4H,5-6H2,1H3. The zero-order valence-corrected chi connectivity index (χ0v) is 10.3. The molecular formula is C11H10ClN3O3. The van der Waals surface area contributed by atoms with Gasteiger partial charge in [-0.1, -0.05) is 6.07 Å². The summed E-state index contributed by atoms with van der Waals surface area (Å²) in [5, 5.41) is 18.5. The smallest absolute Gasteiger partial charge is 0.273 e. The minimum Gasteiger partial charge on any atom is -0.421 e. The Morgan fingerprint density at radius 2 is 2.22 bits per heavy atom. The van der Waals surface area contributed by atoms with Crippen molar-refractivity contribution in [2.24, 2.45) is 0 Å². The Balaban J connectivity index is 2.43. The van der Waals surface area contributed by atoms with Gasteiger partial charge in [-0.05, 0) is 13.0 Å². The molecule has 0 spiro atoms. The topological polar surface area (TPSA) is 82.1 Å². The van der Waals surface area contributed by atoms with Gasteiger partial charge in [-0.2, -0.15) is 0 Å². The van der Waals surface area contributed by atoms with Crippen LogP contribution < -0.4 is 0 Å². The number of benzene rings is 1. The van der Waals surface area contributed by atoms with Crippen LogP contribution in [-0.4, -0.2) is 21.0 Å². The fourth-order valence-corrected chi connectivity index (χ4v) is 1.76. The van der Waals surface area contributed by atoms with Crippen molar-refractivity contribution in [3.05, 3.63) is 39.8 Å². The first-order valence-corrected chi connectivity index (χ1v) is 5.79. The van der Waals surface area contributed by atoms with Crippen LogP contribution in [0.15, 0.2) is 22.6 Å². The van der Waals surface area contributed by atoms with Gasteiger partial charge < -0.3 is 4.42 Å². The molecule has 2 aromatic rings. The Morgan fingerprint density at radius 3 is 2.89 bits per heavy atom. The predicted molar refractivity (Wildman–Crippen MR) is 65.5 cm³/mol. The highest BCUT2D eigenvalue weighted by Crippen LogP contribution is 2.28. The number of aryl methyl sites for hydroxylation is 1. The van der Waals surface area contributed by atoms with Gasteiger partial charge in [-0.3, -0.25) is 10.1 Å². The fraction of sp³-hybridized carbons (Fsp3) is 0.273. The van der Waals surface area contributed by atoms with Crippen molar-refractivity contribution >= 4 is 17.3 Å². The van der Waals surface area contributed by atoms with E-state index in [0.29, 0.717) is 29.3 Å². The first kappa shape index (κ1) is 12.5. The molecule has 0 unspecified atom stereocenters. The molecule has 0 saturated heterocycles. The van der Waals surface area contributed by atoms with Crippen LogP contribution in [0.3, 0.4) is 0 Å². The molecule has 94 valence electrons. The van der Waals surface area contributed by atoms with E-state index in [1.54, 1.807) is 19.1 Å². The highest BCUT2D eigenvalue weighted by atomic mass is 35.5. The third kappa shape index (κ3) is 2.33. The minimum atomic E-state index is -0.436. The number of alkyl halides is 1. The number of hydrogen-bond acceptors (Lipinski definition) is 5. The maximum atomic E-state index is 10.8. The van der Waals surface area contributed by atoms with E-state index in [9.17, 15) is 10.1 Å². The lowest BCUT2D eigenvalue weighted by Crippen LogP contribution is -1.93. The molecule has 0 atom stereocenters. The average Bonchev–Trinajstić information content (AvgIpc) is 2.78. The Hall–Kier alpha value is -1.95. The summed E-state index contributed by atoms with van der Waals surface area (Å²) in [5.74, 6) is 1.08. The zero-order chi connectivity index (χ0) is 13.1. The first-order chi connectivity index (χ1) is 8.63. The number of nitrogens with zero attached hydrogens (tertiary/aromatic N) is 3. The van der Waals surface area contributed by atoms with Crippen LogP contribution in [0.4, 0.5) is 5.69 Å². The second-order valence-electron chi connectivity index (χ2n) is 3.65. The van der Waals surface area contributed by atoms with E-state index < -0.39 is 4.92 Å². The van der Waals surface area contributed by atoms with E-state index in [4.69, 9.17) is 16.0 Å². The highest BCUT2D eigenvalue weighted by molar-refractivity contribution is 6.17. The molecule has 0 fully saturated rings. The second-order valence-corrected chi connectivity index (χ2v) is 4.02. The quantitative estimate of drug-likeness (QED) is 0.483. The van der Waals surface area contributed by atoms with Gasteiger partial charge in [-0.25, -0.2) is 0 Å². The molecule has 2 rings (SSSR count). The predicted octanol–water partition coefficient (Wildman–Crippen LogP) is 2.73. The lowest BCUT2D eigenvalue weighted by atomic mass is 10.1. The normalized spacial score (nSPS) is 10.6. The average molecular weight is 268 g/mol. The molecule has 1 aromatic carbocycles. The van der Waals surface area contributed by atoms with Crippen molar-refractivity contribution in [1.82, 2.24) is 10.2 Å². The number of nitro groups is 1. The van der Waals surface area contributed by atoms with Gasteiger partial charge in [0.2, 0.25) is 11.8 Å². The molecule has 0 aliphatic rings. The van der Waals surface area contributed by atoms with E-state index >= 15 is 0 Å². The maximum absolute atomic E-state index is 10.8. The summed E-state index contributed by atoms with van der Waals surface area (Å²) >= 11 is 5.57. The van der Waals surface area contributed by atoms with Crippen molar-refractivity contribution in [1.29, 1.82) is 0 Å². The van der Waals surface area contributed by atoms with Crippen LogP contribution in [0.5, 0.6) is 0 Å². The third-order valence-electron chi connectivity index (χ3n) is 2.51. The molecular weight excluding hydrogens is 258 g/mol. The number of halogens is 1. The van der Waals surface area contributed by atoms with Crippen molar-refractivity contribution in [3.63, 3.8) is 0 Å². The lowest BCUT2D eigenvalue weighted by molar-refractivity contribution is -0.385. The summed E-state index contributed by atoms with van der Waals surface area (Å²) in [4.78, 5) is 10.4. The molecule has 18 heavy (non-hydrogen) atoms. The summed E-state index contributed by atoms with van der Waals surface area (Å²) in [6.07, 6.45) is 0.475. The Kier molecular flexibility index (Phi) is 3.57. The van der Waals surface area contributed by atoms with Crippen LogP contribution >= 0.6 is 11.6 Å². The van der Waals surface area contributed by atoms with Crippen molar-refractivity contribution in [2.45, 2.75) is 13.3 Å². The zero-order valence-electron chi connectivity index (χ0n) is 9.59. The molecule has 0 saturated carbocycles. The summed E-state index contributed by atoms with van der Waals surface area (Å²) in [6.45, 7) is 1.65.